The molecule has 0 nitrogen and oxygen atoms in total. The van der Waals surface area contributed by atoms with Gasteiger partial charge in [-0.05, 0) is 58.7 Å². The van der Waals surface area contributed by atoms with Crippen LogP contribution in [0.1, 0.15) is 61.3 Å². The lowest BCUT2D eigenvalue weighted by atomic mass is 9.52. The van der Waals surface area contributed by atoms with Crippen molar-refractivity contribution in [2.75, 3.05) is 0 Å². The Hall–Kier alpha value is 0. The van der Waals surface area contributed by atoms with Crippen LogP contribution in [0.2, 0.25) is 0 Å². The summed E-state index contributed by atoms with van der Waals surface area (Å²) in [7, 11) is 0. The van der Waals surface area contributed by atoms with E-state index in [2.05, 4.69) is 48.5 Å². The maximum absolute atomic E-state index is 2.63. The molecule has 0 saturated heterocycles. The molecule has 0 amide bonds. The van der Waals surface area contributed by atoms with Gasteiger partial charge in [-0.2, -0.15) is 0 Å². The van der Waals surface area contributed by atoms with Crippen LogP contribution in [0.5, 0.6) is 0 Å². The van der Waals surface area contributed by atoms with Crippen LogP contribution in [0, 0.1) is 45.8 Å². The summed E-state index contributed by atoms with van der Waals surface area (Å²) >= 11 is 0. The van der Waals surface area contributed by atoms with Gasteiger partial charge in [0, 0.05) is 0 Å². The molecule has 4 fully saturated rings. The zero-order valence-corrected chi connectivity index (χ0v) is 12.8. The molecule has 4 saturated carbocycles. The minimum absolute atomic E-state index is 0.626. The highest BCUT2D eigenvalue weighted by Crippen LogP contribution is 2.97. The molecule has 98 valence electrons. The molecule has 4 aliphatic rings. The van der Waals surface area contributed by atoms with E-state index in [1.807, 2.05) is 0 Å². The van der Waals surface area contributed by atoms with Crippen molar-refractivity contribution in [3.63, 3.8) is 0 Å². The van der Waals surface area contributed by atoms with E-state index in [1.54, 1.807) is 0 Å². The Labute approximate surface area is 108 Å². The number of fused-ring (bicyclic) bond motifs is 1. The van der Waals surface area contributed by atoms with Gasteiger partial charge in [-0.25, -0.2) is 0 Å². The van der Waals surface area contributed by atoms with Gasteiger partial charge in [-0.15, -0.1) is 0 Å². The Kier molecular flexibility index (Phi) is 2.08. The molecular formula is C17H30. The van der Waals surface area contributed by atoms with Gasteiger partial charge in [0.25, 0.3) is 0 Å². The molecule has 0 heteroatoms. The highest BCUT2D eigenvalue weighted by Gasteiger charge is 2.93. The average molecular weight is 234 g/mol. The first kappa shape index (κ1) is 12.1. The molecule has 0 aromatic carbocycles. The molecule has 0 aromatic rings. The monoisotopic (exact) mass is 234 g/mol. The summed E-state index contributed by atoms with van der Waals surface area (Å²) in [6.45, 7) is 17.6. The van der Waals surface area contributed by atoms with Gasteiger partial charge >= 0.3 is 0 Å². The summed E-state index contributed by atoms with van der Waals surface area (Å²) in [5, 5.41) is 0. The maximum atomic E-state index is 2.63. The van der Waals surface area contributed by atoms with E-state index in [0.29, 0.717) is 10.8 Å². The van der Waals surface area contributed by atoms with Gasteiger partial charge in [0.05, 0.1) is 0 Å². The van der Waals surface area contributed by atoms with Crippen molar-refractivity contribution >= 4 is 0 Å². The Bertz CT molecular complexity index is 357. The molecule has 17 heavy (non-hydrogen) atoms. The van der Waals surface area contributed by atoms with Crippen LogP contribution in [-0.4, -0.2) is 0 Å². The van der Waals surface area contributed by atoms with E-state index in [0.717, 1.165) is 35.0 Å². The lowest BCUT2D eigenvalue weighted by Crippen LogP contribution is -2.47. The van der Waals surface area contributed by atoms with Gasteiger partial charge in [0.2, 0.25) is 0 Å². The molecule has 2 bridgehead atoms. The van der Waals surface area contributed by atoms with Gasteiger partial charge in [-0.1, -0.05) is 48.5 Å². The predicted molar refractivity (Wildman–Crippen MR) is 73.7 cm³/mol. The van der Waals surface area contributed by atoms with Crippen LogP contribution in [0.3, 0.4) is 0 Å². The maximum Gasteiger partial charge on any atom is -0.0122 e. The lowest BCUT2D eigenvalue weighted by molar-refractivity contribution is -0.0504. The largest absolute Gasteiger partial charge is 0.0648 e. The van der Waals surface area contributed by atoms with Crippen molar-refractivity contribution < 1.29 is 0 Å². The summed E-state index contributed by atoms with van der Waals surface area (Å²) in [5.74, 6) is 4.88. The fourth-order valence-corrected chi connectivity index (χ4v) is 7.15. The molecule has 0 N–H and O–H groups in total. The molecule has 7 atom stereocenters. The van der Waals surface area contributed by atoms with E-state index >= 15 is 0 Å². The van der Waals surface area contributed by atoms with Crippen LogP contribution in [-0.2, 0) is 0 Å². The predicted octanol–water partition coefficient (Wildman–Crippen LogP) is 4.99. The molecule has 4 aliphatic carbocycles. The zero-order chi connectivity index (χ0) is 12.8. The number of hydrogen-bond donors (Lipinski definition) is 0. The van der Waals surface area contributed by atoms with E-state index < -0.39 is 0 Å². The molecular weight excluding hydrogens is 204 g/mol. The SMILES string of the molecule is CCC1(C)C2CC(C)(C(C)C(C)C)C13C(C)C23. The Morgan fingerprint density at radius 1 is 1.18 bits per heavy atom. The summed E-state index contributed by atoms with van der Waals surface area (Å²) < 4.78 is 0. The second-order valence-corrected chi connectivity index (χ2v) is 8.22. The van der Waals surface area contributed by atoms with Crippen molar-refractivity contribution in [3.05, 3.63) is 0 Å². The van der Waals surface area contributed by atoms with Crippen molar-refractivity contribution in [3.8, 4) is 0 Å². The van der Waals surface area contributed by atoms with Gasteiger partial charge in [0.1, 0.15) is 0 Å². The average Bonchev–Trinajstić information content (AvgIpc) is 2.62. The number of hydrogen-bond acceptors (Lipinski definition) is 0. The second kappa shape index (κ2) is 2.94. The first-order valence-electron chi connectivity index (χ1n) is 7.79. The van der Waals surface area contributed by atoms with Crippen molar-refractivity contribution in [1.29, 1.82) is 0 Å². The highest BCUT2D eigenvalue weighted by molar-refractivity contribution is 5.40. The van der Waals surface area contributed by atoms with Crippen LogP contribution in [0.25, 0.3) is 0 Å². The van der Waals surface area contributed by atoms with Crippen LogP contribution >= 0.6 is 0 Å². The third kappa shape index (κ3) is 0.871. The van der Waals surface area contributed by atoms with Crippen LogP contribution < -0.4 is 0 Å². The standard InChI is InChI=1S/C17H30/c1-8-15(6)13-9-16(7,11(4)10(2)3)17(15)12(5)14(13)17/h10-14H,8-9H2,1-7H3. The fraction of sp³-hybridized carbons (Fsp3) is 1.00. The molecule has 0 radical (unpaired) electrons. The molecule has 0 aliphatic heterocycles. The normalized spacial score (nSPS) is 61.1. The first-order valence-corrected chi connectivity index (χ1v) is 7.79. The summed E-state index contributed by atoms with van der Waals surface area (Å²) in [6.07, 6.45) is 2.92. The van der Waals surface area contributed by atoms with Crippen LogP contribution in [0.15, 0.2) is 0 Å². The van der Waals surface area contributed by atoms with Gasteiger partial charge < -0.3 is 0 Å². The quantitative estimate of drug-likeness (QED) is 0.645. The first-order chi connectivity index (χ1) is 7.79. The summed E-state index contributed by atoms with van der Waals surface area (Å²) in [4.78, 5) is 0. The fourth-order valence-electron chi connectivity index (χ4n) is 7.15. The van der Waals surface area contributed by atoms with Crippen molar-refractivity contribution in [1.82, 2.24) is 0 Å². The number of rotatable bonds is 3. The van der Waals surface area contributed by atoms with Crippen LogP contribution in [0.4, 0.5) is 0 Å². The van der Waals surface area contributed by atoms with Crippen molar-refractivity contribution in [2.45, 2.75) is 61.3 Å². The second-order valence-electron chi connectivity index (χ2n) is 8.22. The third-order valence-electron chi connectivity index (χ3n) is 8.20. The summed E-state index contributed by atoms with van der Waals surface area (Å²) in [5.41, 5.74) is 2.03. The smallest absolute Gasteiger partial charge is 0.0122 e. The highest BCUT2D eigenvalue weighted by atomic mass is 15.0. The Balaban J connectivity index is 2.02. The van der Waals surface area contributed by atoms with E-state index in [1.165, 1.54) is 12.8 Å². The zero-order valence-electron chi connectivity index (χ0n) is 12.8. The Morgan fingerprint density at radius 2 is 1.76 bits per heavy atom. The van der Waals surface area contributed by atoms with Gasteiger partial charge in [0.15, 0.2) is 0 Å². The third-order valence-corrected chi connectivity index (χ3v) is 8.20. The molecule has 4 rings (SSSR count). The molecule has 7 unspecified atom stereocenters. The lowest BCUT2D eigenvalue weighted by Gasteiger charge is -2.52. The summed E-state index contributed by atoms with van der Waals surface area (Å²) in [6, 6.07) is 0. The minimum Gasteiger partial charge on any atom is -0.0648 e. The van der Waals surface area contributed by atoms with E-state index in [-0.39, 0.29) is 0 Å². The van der Waals surface area contributed by atoms with Crippen molar-refractivity contribution in [2.24, 2.45) is 45.8 Å². The van der Waals surface area contributed by atoms with Gasteiger partial charge in [-0.3, -0.25) is 0 Å². The van der Waals surface area contributed by atoms with E-state index in [4.69, 9.17) is 0 Å². The Morgan fingerprint density at radius 3 is 2.12 bits per heavy atom. The molecule has 1 spiro atoms. The molecule has 0 heterocycles. The van der Waals surface area contributed by atoms with E-state index in [9.17, 15) is 0 Å². The molecule has 0 aromatic heterocycles. The minimum atomic E-state index is 0.626. The topological polar surface area (TPSA) is 0 Å².